The van der Waals surface area contributed by atoms with Crippen molar-refractivity contribution in [2.45, 2.75) is 12.6 Å². The first-order chi connectivity index (χ1) is 11.1. The van der Waals surface area contributed by atoms with E-state index < -0.39 is 12.0 Å². The van der Waals surface area contributed by atoms with Crippen LogP contribution in [0.5, 0.6) is 0 Å². The van der Waals surface area contributed by atoms with Gasteiger partial charge in [-0.1, -0.05) is 35.5 Å². The van der Waals surface area contributed by atoms with Crippen molar-refractivity contribution in [3.63, 3.8) is 0 Å². The Hall–Kier alpha value is -2.86. The van der Waals surface area contributed by atoms with Crippen LogP contribution in [-0.2, 0) is 11.3 Å². The minimum atomic E-state index is -0.948. The lowest BCUT2D eigenvalue weighted by Gasteiger charge is -2.22. The van der Waals surface area contributed by atoms with Gasteiger partial charge in [0.1, 0.15) is 11.7 Å². The third kappa shape index (κ3) is 3.32. The number of nitrogens with zero attached hydrogens (tertiary/aromatic N) is 2. The van der Waals surface area contributed by atoms with E-state index >= 15 is 0 Å². The van der Waals surface area contributed by atoms with Crippen molar-refractivity contribution < 1.29 is 18.8 Å². The molecule has 1 atom stereocenters. The zero-order valence-corrected chi connectivity index (χ0v) is 12.5. The minimum Gasteiger partial charge on any atom is -0.480 e. The fraction of sp³-hybridized carbons (Fsp3) is 0.176. The molecule has 2 heterocycles. The summed E-state index contributed by atoms with van der Waals surface area (Å²) in [5.41, 5.74) is 2.27. The van der Waals surface area contributed by atoms with Crippen LogP contribution in [0.4, 0.5) is 0 Å². The first kappa shape index (κ1) is 15.1. The number of carboxylic acids is 1. The molecule has 0 fully saturated rings. The highest BCUT2D eigenvalue weighted by molar-refractivity contribution is 5.75. The summed E-state index contributed by atoms with van der Waals surface area (Å²) in [5, 5.41) is 13.5. The van der Waals surface area contributed by atoms with E-state index in [1.54, 1.807) is 18.0 Å². The van der Waals surface area contributed by atoms with Crippen molar-refractivity contribution in [1.82, 2.24) is 10.1 Å². The standard InChI is InChI=1S/C17H16N2O4/c1-19(16(17(20)21)13-7-8-22-11-13)10-14-9-15(18-23-14)12-5-3-2-4-6-12/h2-9,11,16H,10H2,1H3,(H,20,21)/t16-/m0/s1. The fourth-order valence-electron chi connectivity index (χ4n) is 2.49. The SMILES string of the molecule is CN(Cc1cc(-c2ccccc2)no1)[C@H](C(=O)O)c1ccoc1. The molecule has 0 bridgehead atoms. The molecule has 23 heavy (non-hydrogen) atoms. The first-order valence-electron chi connectivity index (χ1n) is 7.11. The monoisotopic (exact) mass is 312 g/mol. The number of aliphatic carboxylic acids is 1. The van der Waals surface area contributed by atoms with Crippen LogP contribution >= 0.6 is 0 Å². The fourth-order valence-corrected chi connectivity index (χ4v) is 2.49. The summed E-state index contributed by atoms with van der Waals surface area (Å²) in [4.78, 5) is 13.2. The van der Waals surface area contributed by atoms with Crippen molar-refractivity contribution in [2.24, 2.45) is 0 Å². The summed E-state index contributed by atoms with van der Waals surface area (Å²) in [7, 11) is 1.72. The summed E-state index contributed by atoms with van der Waals surface area (Å²) in [6, 6.07) is 12.3. The Balaban J connectivity index is 1.76. The number of hydrogen-bond acceptors (Lipinski definition) is 5. The Morgan fingerprint density at radius 2 is 2.09 bits per heavy atom. The van der Waals surface area contributed by atoms with Gasteiger partial charge in [-0.2, -0.15) is 0 Å². The zero-order valence-electron chi connectivity index (χ0n) is 12.5. The van der Waals surface area contributed by atoms with E-state index in [2.05, 4.69) is 5.16 Å². The third-order valence-corrected chi connectivity index (χ3v) is 3.57. The second-order valence-corrected chi connectivity index (χ2v) is 5.26. The van der Waals surface area contributed by atoms with Crippen molar-refractivity contribution in [3.05, 3.63) is 66.3 Å². The van der Waals surface area contributed by atoms with Gasteiger partial charge in [0.05, 0.1) is 19.1 Å². The van der Waals surface area contributed by atoms with Crippen LogP contribution in [0.15, 0.2) is 63.9 Å². The second kappa shape index (κ2) is 6.50. The quantitative estimate of drug-likeness (QED) is 0.753. The molecular formula is C17H16N2O4. The minimum absolute atomic E-state index is 0.321. The lowest BCUT2D eigenvalue weighted by atomic mass is 10.1. The molecule has 3 aromatic rings. The Kier molecular flexibility index (Phi) is 4.25. The molecule has 1 N–H and O–H groups in total. The molecule has 0 radical (unpaired) electrons. The Morgan fingerprint density at radius 3 is 2.74 bits per heavy atom. The predicted octanol–water partition coefficient (Wildman–Crippen LogP) is 3.19. The van der Waals surface area contributed by atoms with E-state index in [0.29, 0.717) is 17.9 Å². The van der Waals surface area contributed by atoms with Crippen molar-refractivity contribution in [1.29, 1.82) is 0 Å². The normalized spacial score (nSPS) is 12.4. The lowest BCUT2D eigenvalue weighted by molar-refractivity contribution is -0.143. The molecule has 0 aliphatic carbocycles. The highest BCUT2D eigenvalue weighted by Crippen LogP contribution is 2.24. The molecule has 0 aliphatic heterocycles. The summed E-state index contributed by atoms with van der Waals surface area (Å²) in [6.07, 6.45) is 2.89. The smallest absolute Gasteiger partial charge is 0.325 e. The van der Waals surface area contributed by atoms with Crippen molar-refractivity contribution in [2.75, 3.05) is 7.05 Å². The van der Waals surface area contributed by atoms with Crippen LogP contribution in [0.3, 0.4) is 0 Å². The maximum absolute atomic E-state index is 11.5. The number of hydrogen-bond donors (Lipinski definition) is 1. The molecule has 0 saturated carbocycles. The maximum atomic E-state index is 11.5. The molecular weight excluding hydrogens is 296 g/mol. The molecule has 2 aromatic heterocycles. The van der Waals surface area contributed by atoms with Gasteiger partial charge in [-0.25, -0.2) is 0 Å². The third-order valence-electron chi connectivity index (χ3n) is 3.57. The molecule has 0 unspecified atom stereocenters. The van der Waals surface area contributed by atoms with Crippen LogP contribution < -0.4 is 0 Å². The van der Waals surface area contributed by atoms with Gasteiger partial charge >= 0.3 is 5.97 Å². The van der Waals surface area contributed by atoms with E-state index in [4.69, 9.17) is 8.94 Å². The Bertz CT molecular complexity index is 765. The largest absolute Gasteiger partial charge is 0.480 e. The molecule has 3 rings (SSSR count). The summed E-state index contributed by atoms with van der Waals surface area (Å²) in [5.74, 6) is -0.349. The Morgan fingerprint density at radius 1 is 1.30 bits per heavy atom. The number of carbonyl (C=O) groups is 1. The molecule has 0 saturated heterocycles. The summed E-state index contributed by atoms with van der Waals surface area (Å²) in [6.45, 7) is 0.321. The molecule has 118 valence electrons. The molecule has 0 spiro atoms. The average molecular weight is 312 g/mol. The van der Waals surface area contributed by atoms with Gasteiger partial charge in [-0.05, 0) is 13.1 Å². The molecule has 0 amide bonds. The van der Waals surface area contributed by atoms with Gasteiger partial charge in [-0.15, -0.1) is 0 Å². The van der Waals surface area contributed by atoms with Crippen LogP contribution in [0.2, 0.25) is 0 Å². The van der Waals surface area contributed by atoms with E-state index in [-0.39, 0.29) is 0 Å². The van der Waals surface area contributed by atoms with Gasteiger partial charge in [0.2, 0.25) is 0 Å². The Labute approximate surface area is 132 Å². The number of aromatic nitrogens is 1. The van der Waals surface area contributed by atoms with Crippen LogP contribution in [0.1, 0.15) is 17.4 Å². The first-order valence-corrected chi connectivity index (χ1v) is 7.11. The van der Waals surface area contributed by atoms with E-state index in [1.807, 2.05) is 36.4 Å². The number of carboxylic acid groups (broad SMARTS) is 1. The second-order valence-electron chi connectivity index (χ2n) is 5.26. The molecule has 1 aromatic carbocycles. The predicted molar refractivity (Wildman–Crippen MR) is 82.5 cm³/mol. The highest BCUT2D eigenvalue weighted by atomic mass is 16.5. The van der Waals surface area contributed by atoms with Crippen LogP contribution in [0.25, 0.3) is 11.3 Å². The van der Waals surface area contributed by atoms with Gasteiger partial charge in [0.15, 0.2) is 5.76 Å². The maximum Gasteiger partial charge on any atom is 0.325 e. The van der Waals surface area contributed by atoms with Gasteiger partial charge in [0.25, 0.3) is 0 Å². The summed E-state index contributed by atoms with van der Waals surface area (Å²) >= 11 is 0. The van der Waals surface area contributed by atoms with Gasteiger partial charge < -0.3 is 14.0 Å². The number of furan rings is 1. The molecule has 0 aliphatic rings. The van der Waals surface area contributed by atoms with Crippen LogP contribution in [-0.4, -0.2) is 28.2 Å². The van der Waals surface area contributed by atoms with E-state index in [9.17, 15) is 9.90 Å². The average Bonchev–Trinajstić information content (AvgIpc) is 3.20. The molecule has 6 nitrogen and oxygen atoms in total. The van der Waals surface area contributed by atoms with Crippen LogP contribution in [0, 0.1) is 0 Å². The number of likely N-dealkylation sites (N-methyl/N-ethyl adjacent to an activating group) is 1. The topological polar surface area (TPSA) is 79.7 Å². The van der Waals surface area contributed by atoms with Crippen molar-refractivity contribution >= 4 is 5.97 Å². The van der Waals surface area contributed by atoms with Gasteiger partial charge in [-0.3, -0.25) is 9.69 Å². The van der Waals surface area contributed by atoms with E-state index in [0.717, 1.165) is 11.3 Å². The van der Waals surface area contributed by atoms with Crippen molar-refractivity contribution in [3.8, 4) is 11.3 Å². The highest BCUT2D eigenvalue weighted by Gasteiger charge is 2.26. The number of rotatable bonds is 6. The summed E-state index contributed by atoms with van der Waals surface area (Å²) < 4.78 is 10.3. The van der Waals surface area contributed by atoms with E-state index in [1.165, 1.54) is 12.5 Å². The lowest BCUT2D eigenvalue weighted by Crippen LogP contribution is -2.30. The molecule has 6 heteroatoms. The number of benzene rings is 1. The van der Waals surface area contributed by atoms with Gasteiger partial charge in [0, 0.05) is 17.2 Å². The zero-order chi connectivity index (χ0) is 16.2.